The van der Waals surface area contributed by atoms with Gasteiger partial charge in [0.1, 0.15) is 5.75 Å². The van der Waals surface area contributed by atoms with Crippen LogP contribution in [0, 0.1) is 6.92 Å². The van der Waals surface area contributed by atoms with E-state index in [4.69, 9.17) is 4.74 Å². The van der Waals surface area contributed by atoms with E-state index in [0.717, 1.165) is 41.4 Å². The number of ether oxygens (including phenoxy) is 1. The van der Waals surface area contributed by atoms with Crippen molar-refractivity contribution in [3.63, 3.8) is 0 Å². The standard InChI is InChI=1S/C22H24N2O3S/c1-14-4-10-19-18(12-14)22-20-11-5-15(23(20)2)13-21(22)24(19)28(25,26)17-8-6-16(27-3)7-9-17/h4,6-10,12,15,20H,5,11,13H2,1-3H3. The summed E-state index contributed by atoms with van der Waals surface area (Å²) in [4.78, 5) is 2.72. The lowest BCUT2D eigenvalue weighted by Crippen LogP contribution is -2.35. The Morgan fingerprint density at radius 3 is 2.54 bits per heavy atom. The van der Waals surface area contributed by atoms with E-state index in [-0.39, 0.29) is 0 Å². The predicted octanol–water partition coefficient (Wildman–Crippen LogP) is 3.89. The van der Waals surface area contributed by atoms with Gasteiger partial charge in [0.15, 0.2) is 0 Å². The highest BCUT2D eigenvalue weighted by Crippen LogP contribution is 2.47. The van der Waals surface area contributed by atoms with Crippen LogP contribution >= 0.6 is 0 Å². The Kier molecular flexibility index (Phi) is 3.87. The number of nitrogens with zero attached hydrogens (tertiary/aromatic N) is 2. The summed E-state index contributed by atoms with van der Waals surface area (Å²) in [5.74, 6) is 0.647. The normalized spacial score (nSPS) is 21.8. The quantitative estimate of drug-likeness (QED) is 0.674. The molecule has 0 N–H and O–H groups in total. The van der Waals surface area contributed by atoms with Gasteiger partial charge in [-0.05, 0) is 68.8 Å². The number of fused-ring (bicyclic) bond motifs is 6. The highest BCUT2D eigenvalue weighted by molar-refractivity contribution is 7.90. The predicted molar refractivity (Wildman–Crippen MR) is 109 cm³/mol. The SMILES string of the molecule is COc1ccc(S(=O)(=O)n2c3c(c4cc(C)ccc42)C2CCC(C3)N2C)cc1. The minimum Gasteiger partial charge on any atom is -0.497 e. The third-order valence-corrected chi connectivity index (χ3v) is 8.18. The Bertz CT molecular complexity index is 1180. The molecule has 0 amide bonds. The molecule has 6 heteroatoms. The van der Waals surface area contributed by atoms with Gasteiger partial charge in [-0.15, -0.1) is 0 Å². The van der Waals surface area contributed by atoms with Crippen LogP contribution in [0.25, 0.3) is 10.9 Å². The van der Waals surface area contributed by atoms with E-state index in [9.17, 15) is 8.42 Å². The fourth-order valence-electron chi connectivity index (χ4n) is 4.97. The molecular weight excluding hydrogens is 372 g/mol. The zero-order chi connectivity index (χ0) is 19.6. The molecule has 1 fully saturated rings. The summed E-state index contributed by atoms with van der Waals surface area (Å²) < 4.78 is 34.2. The number of hydrogen-bond donors (Lipinski definition) is 0. The van der Waals surface area contributed by atoms with E-state index < -0.39 is 10.0 Å². The molecule has 2 unspecified atom stereocenters. The van der Waals surface area contributed by atoms with E-state index >= 15 is 0 Å². The van der Waals surface area contributed by atoms with Crippen LogP contribution in [0.5, 0.6) is 5.75 Å². The summed E-state index contributed by atoms with van der Waals surface area (Å²) in [5.41, 5.74) is 4.10. The molecule has 0 aliphatic carbocycles. The third-order valence-electron chi connectivity index (χ3n) is 6.42. The van der Waals surface area contributed by atoms with Gasteiger partial charge in [0, 0.05) is 29.6 Å². The van der Waals surface area contributed by atoms with Crippen LogP contribution in [0.2, 0.25) is 0 Å². The van der Waals surface area contributed by atoms with Gasteiger partial charge in [-0.2, -0.15) is 0 Å². The zero-order valence-corrected chi connectivity index (χ0v) is 17.2. The van der Waals surface area contributed by atoms with Crippen molar-refractivity contribution in [1.29, 1.82) is 0 Å². The highest BCUT2D eigenvalue weighted by Gasteiger charge is 2.42. The van der Waals surface area contributed by atoms with Crippen LogP contribution < -0.4 is 4.74 Å². The summed E-state index contributed by atoms with van der Waals surface area (Å²) in [7, 11) is 0.0507. The molecular formula is C22H24N2O3S. The lowest BCUT2D eigenvalue weighted by atomic mass is 9.97. The third kappa shape index (κ3) is 2.37. The second-order valence-corrected chi connectivity index (χ2v) is 9.73. The molecule has 2 aliphatic rings. The first-order chi connectivity index (χ1) is 13.4. The van der Waals surface area contributed by atoms with Gasteiger partial charge in [-0.25, -0.2) is 12.4 Å². The van der Waals surface area contributed by atoms with Gasteiger partial charge in [0.2, 0.25) is 0 Å². The van der Waals surface area contributed by atoms with Crippen LogP contribution in [0.4, 0.5) is 0 Å². The fourth-order valence-corrected chi connectivity index (χ4v) is 6.55. The zero-order valence-electron chi connectivity index (χ0n) is 16.3. The average molecular weight is 397 g/mol. The molecule has 2 bridgehead atoms. The number of aryl methyl sites for hydroxylation is 1. The number of aromatic nitrogens is 1. The Balaban J connectivity index is 1.79. The first-order valence-corrected chi connectivity index (χ1v) is 11.1. The number of benzene rings is 2. The molecule has 2 atom stereocenters. The number of hydrogen-bond acceptors (Lipinski definition) is 4. The first kappa shape index (κ1) is 17.8. The number of rotatable bonds is 3. The fraction of sp³-hybridized carbons (Fsp3) is 0.364. The molecule has 146 valence electrons. The Labute approximate surface area is 165 Å². The van der Waals surface area contributed by atoms with E-state index in [1.807, 2.05) is 12.1 Å². The van der Waals surface area contributed by atoms with Crippen LogP contribution in [0.15, 0.2) is 47.4 Å². The van der Waals surface area contributed by atoms with E-state index in [1.165, 1.54) is 5.56 Å². The van der Waals surface area contributed by atoms with Crippen molar-refractivity contribution in [2.24, 2.45) is 0 Å². The van der Waals surface area contributed by atoms with Gasteiger partial charge < -0.3 is 4.74 Å². The summed E-state index contributed by atoms with van der Waals surface area (Å²) in [6.45, 7) is 2.06. The maximum Gasteiger partial charge on any atom is 0.268 e. The van der Waals surface area contributed by atoms with Crippen molar-refractivity contribution < 1.29 is 13.2 Å². The van der Waals surface area contributed by atoms with E-state index in [2.05, 4.69) is 24.9 Å². The van der Waals surface area contributed by atoms with Crippen LogP contribution in [0.1, 0.15) is 35.7 Å². The van der Waals surface area contributed by atoms with Gasteiger partial charge in [0.25, 0.3) is 10.0 Å². The van der Waals surface area contributed by atoms with Gasteiger partial charge in [-0.3, -0.25) is 4.90 Å². The summed E-state index contributed by atoms with van der Waals surface area (Å²) in [6, 6.07) is 13.5. The molecule has 0 saturated carbocycles. The molecule has 3 heterocycles. The van der Waals surface area contributed by atoms with Crippen molar-refractivity contribution in [2.75, 3.05) is 14.2 Å². The molecule has 5 rings (SSSR count). The van der Waals surface area contributed by atoms with Crippen molar-refractivity contribution in [3.05, 3.63) is 59.3 Å². The molecule has 2 aromatic carbocycles. The first-order valence-electron chi connectivity index (χ1n) is 9.67. The molecule has 28 heavy (non-hydrogen) atoms. The largest absolute Gasteiger partial charge is 0.497 e. The van der Waals surface area contributed by atoms with Crippen LogP contribution in [0.3, 0.4) is 0 Å². The molecule has 5 nitrogen and oxygen atoms in total. The summed E-state index contributed by atoms with van der Waals surface area (Å²) in [5, 5.41) is 1.07. The number of methoxy groups -OCH3 is 1. The lowest BCUT2D eigenvalue weighted by molar-refractivity contribution is 0.224. The molecule has 2 aliphatic heterocycles. The second-order valence-electron chi connectivity index (χ2n) is 7.94. The topological polar surface area (TPSA) is 51.5 Å². The molecule has 1 aromatic heterocycles. The second kappa shape index (κ2) is 6.09. The minimum absolute atomic E-state index is 0.292. The minimum atomic E-state index is -3.70. The smallest absolute Gasteiger partial charge is 0.268 e. The van der Waals surface area contributed by atoms with E-state index in [0.29, 0.717) is 22.7 Å². The van der Waals surface area contributed by atoms with Crippen LogP contribution in [-0.4, -0.2) is 37.5 Å². The Morgan fingerprint density at radius 1 is 1.07 bits per heavy atom. The number of likely N-dealkylation sites (N-methyl/N-ethyl adjacent to an activating group) is 1. The van der Waals surface area contributed by atoms with Crippen molar-refractivity contribution in [2.45, 2.75) is 43.2 Å². The lowest BCUT2D eigenvalue weighted by Gasteiger charge is -2.32. The molecule has 3 aromatic rings. The summed E-state index contributed by atoms with van der Waals surface area (Å²) in [6.07, 6.45) is 2.97. The van der Waals surface area contributed by atoms with Gasteiger partial charge >= 0.3 is 0 Å². The average Bonchev–Trinajstić information content (AvgIpc) is 3.12. The van der Waals surface area contributed by atoms with Crippen molar-refractivity contribution >= 4 is 20.9 Å². The Morgan fingerprint density at radius 2 is 1.82 bits per heavy atom. The van der Waals surface area contributed by atoms with Crippen LogP contribution in [-0.2, 0) is 16.4 Å². The maximum atomic E-state index is 13.7. The maximum absolute atomic E-state index is 13.7. The van der Waals surface area contributed by atoms with Crippen molar-refractivity contribution in [3.8, 4) is 5.75 Å². The Hall–Kier alpha value is -2.31. The monoisotopic (exact) mass is 396 g/mol. The van der Waals surface area contributed by atoms with E-state index in [1.54, 1.807) is 35.3 Å². The van der Waals surface area contributed by atoms with Crippen molar-refractivity contribution in [1.82, 2.24) is 8.87 Å². The summed E-state index contributed by atoms with van der Waals surface area (Å²) >= 11 is 0. The highest BCUT2D eigenvalue weighted by atomic mass is 32.2. The molecule has 1 saturated heterocycles. The molecule has 0 spiro atoms. The van der Waals surface area contributed by atoms with Gasteiger partial charge in [-0.1, -0.05) is 11.6 Å². The van der Waals surface area contributed by atoms with Gasteiger partial charge in [0.05, 0.1) is 17.5 Å². The molecule has 0 radical (unpaired) electrons.